The molecule has 8 nitrogen and oxygen atoms in total. The molecule has 1 aliphatic heterocycles. The standard InChI is InChI=1S/C19H23N5O3/c1-13-5-6-17-14(8-13)9-15(19-20-21-22-24(17)19)10-23(18(25)12-26-2)11-16-4-3-7-27-16/h5-6,8-9,16H,3-4,7,10-12H2,1-2H3. The Morgan fingerprint density at radius 3 is 3.07 bits per heavy atom. The lowest BCUT2D eigenvalue weighted by molar-refractivity contribution is -0.137. The summed E-state index contributed by atoms with van der Waals surface area (Å²) in [4.78, 5) is 14.4. The van der Waals surface area contributed by atoms with Crippen LogP contribution in [0.1, 0.15) is 24.0 Å². The van der Waals surface area contributed by atoms with E-state index < -0.39 is 0 Å². The quantitative estimate of drug-likeness (QED) is 0.658. The molecule has 0 saturated carbocycles. The lowest BCUT2D eigenvalue weighted by atomic mass is 10.1. The number of hydrogen-bond donors (Lipinski definition) is 0. The summed E-state index contributed by atoms with van der Waals surface area (Å²) in [6, 6.07) is 8.21. The highest BCUT2D eigenvalue weighted by Crippen LogP contribution is 2.22. The van der Waals surface area contributed by atoms with E-state index in [4.69, 9.17) is 9.47 Å². The van der Waals surface area contributed by atoms with Crippen molar-refractivity contribution >= 4 is 22.5 Å². The highest BCUT2D eigenvalue weighted by molar-refractivity contribution is 5.84. The second kappa shape index (κ2) is 7.58. The number of carbonyl (C=O) groups excluding carboxylic acids is 1. The number of benzene rings is 1. The van der Waals surface area contributed by atoms with Gasteiger partial charge < -0.3 is 14.4 Å². The molecule has 1 saturated heterocycles. The number of tetrazole rings is 1. The highest BCUT2D eigenvalue weighted by Gasteiger charge is 2.24. The van der Waals surface area contributed by atoms with Gasteiger partial charge in [-0.05, 0) is 48.4 Å². The fourth-order valence-electron chi connectivity index (χ4n) is 3.61. The SMILES string of the molecule is COCC(=O)N(Cc1cc2cc(C)ccc2n2nnnc12)CC1CCCO1. The molecule has 1 amide bonds. The van der Waals surface area contributed by atoms with Gasteiger partial charge in [-0.1, -0.05) is 11.6 Å². The number of amides is 1. The van der Waals surface area contributed by atoms with Gasteiger partial charge in [0.2, 0.25) is 5.91 Å². The second-order valence-corrected chi connectivity index (χ2v) is 6.99. The Morgan fingerprint density at radius 1 is 1.41 bits per heavy atom. The van der Waals surface area contributed by atoms with Gasteiger partial charge >= 0.3 is 0 Å². The summed E-state index contributed by atoms with van der Waals surface area (Å²) in [7, 11) is 1.53. The Labute approximate surface area is 157 Å². The molecule has 1 aliphatic rings. The Hall–Kier alpha value is -2.58. The van der Waals surface area contributed by atoms with Crippen LogP contribution in [0.15, 0.2) is 24.3 Å². The fraction of sp³-hybridized carbons (Fsp3) is 0.474. The molecule has 0 spiro atoms. The normalized spacial score (nSPS) is 17.0. The molecule has 1 aromatic carbocycles. The first-order chi connectivity index (χ1) is 13.2. The van der Waals surface area contributed by atoms with E-state index in [2.05, 4.69) is 34.6 Å². The van der Waals surface area contributed by atoms with Crippen molar-refractivity contribution in [3.63, 3.8) is 0 Å². The number of methoxy groups -OCH3 is 1. The first-order valence-corrected chi connectivity index (χ1v) is 9.14. The summed E-state index contributed by atoms with van der Waals surface area (Å²) in [5.74, 6) is -0.0667. The van der Waals surface area contributed by atoms with E-state index >= 15 is 0 Å². The Morgan fingerprint density at radius 2 is 2.30 bits per heavy atom. The van der Waals surface area contributed by atoms with E-state index in [0.29, 0.717) is 18.7 Å². The molecule has 0 N–H and O–H groups in total. The van der Waals surface area contributed by atoms with Crippen molar-refractivity contribution in [3.8, 4) is 0 Å². The average Bonchev–Trinajstić information content (AvgIpc) is 3.33. The molecule has 4 rings (SSSR count). The lowest BCUT2D eigenvalue weighted by Gasteiger charge is -2.25. The summed E-state index contributed by atoms with van der Waals surface area (Å²) >= 11 is 0. The predicted molar refractivity (Wildman–Crippen MR) is 99.3 cm³/mol. The molecule has 0 bridgehead atoms. The van der Waals surface area contributed by atoms with Gasteiger partial charge in [-0.3, -0.25) is 4.79 Å². The number of aromatic nitrogens is 4. The van der Waals surface area contributed by atoms with Crippen LogP contribution in [0.4, 0.5) is 0 Å². The molecular weight excluding hydrogens is 346 g/mol. The Bertz CT molecular complexity index is 965. The lowest BCUT2D eigenvalue weighted by Crippen LogP contribution is -2.39. The number of aryl methyl sites for hydroxylation is 1. The maximum atomic E-state index is 12.6. The number of pyridine rings is 1. The minimum atomic E-state index is -0.0667. The van der Waals surface area contributed by atoms with Crippen LogP contribution in [0.5, 0.6) is 0 Å². The molecule has 27 heavy (non-hydrogen) atoms. The summed E-state index contributed by atoms with van der Waals surface area (Å²) < 4.78 is 12.5. The number of nitrogens with zero attached hydrogens (tertiary/aromatic N) is 5. The van der Waals surface area contributed by atoms with Crippen molar-refractivity contribution < 1.29 is 14.3 Å². The summed E-state index contributed by atoms with van der Waals surface area (Å²) in [6.45, 7) is 3.80. The summed E-state index contributed by atoms with van der Waals surface area (Å²) in [5, 5.41) is 13.2. The van der Waals surface area contributed by atoms with E-state index in [9.17, 15) is 4.79 Å². The maximum Gasteiger partial charge on any atom is 0.248 e. The van der Waals surface area contributed by atoms with Crippen LogP contribution in [-0.2, 0) is 20.8 Å². The third-order valence-electron chi connectivity index (χ3n) is 4.93. The number of carbonyl (C=O) groups is 1. The number of ether oxygens (including phenoxy) is 2. The molecule has 142 valence electrons. The highest BCUT2D eigenvalue weighted by atomic mass is 16.5. The van der Waals surface area contributed by atoms with E-state index in [-0.39, 0.29) is 18.6 Å². The first kappa shape index (κ1) is 17.8. The molecule has 2 aromatic heterocycles. The van der Waals surface area contributed by atoms with Crippen molar-refractivity contribution in [1.82, 2.24) is 24.9 Å². The zero-order chi connectivity index (χ0) is 18.8. The topological polar surface area (TPSA) is 81.9 Å². The monoisotopic (exact) mass is 369 g/mol. The van der Waals surface area contributed by atoms with Crippen molar-refractivity contribution in [2.75, 3.05) is 26.9 Å². The van der Waals surface area contributed by atoms with Crippen LogP contribution < -0.4 is 0 Å². The van der Waals surface area contributed by atoms with Gasteiger partial charge in [-0.15, -0.1) is 5.10 Å². The van der Waals surface area contributed by atoms with Gasteiger partial charge in [0, 0.05) is 37.8 Å². The van der Waals surface area contributed by atoms with E-state index in [1.807, 2.05) is 12.1 Å². The van der Waals surface area contributed by atoms with E-state index in [1.165, 1.54) is 7.11 Å². The first-order valence-electron chi connectivity index (χ1n) is 9.14. The van der Waals surface area contributed by atoms with Gasteiger partial charge in [0.15, 0.2) is 5.65 Å². The number of rotatable bonds is 6. The third-order valence-corrected chi connectivity index (χ3v) is 4.93. The van der Waals surface area contributed by atoms with Crippen molar-refractivity contribution in [3.05, 3.63) is 35.4 Å². The molecule has 1 unspecified atom stereocenters. The molecule has 1 fully saturated rings. The molecule has 0 aliphatic carbocycles. The van der Waals surface area contributed by atoms with Crippen LogP contribution in [-0.4, -0.2) is 63.8 Å². The number of hydrogen-bond acceptors (Lipinski definition) is 6. The minimum absolute atomic E-state index is 0.0423. The zero-order valence-electron chi connectivity index (χ0n) is 15.6. The van der Waals surface area contributed by atoms with Crippen LogP contribution in [0.3, 0.4) is 0 Å². The van der Waals surface area contributed by atoms with Crippen LogP contribution in [0.25, 0.3) is 16.6 Å². The summed E-state index contributed by atoms with van der Waals surface area (Å²) in [5.41, 5.74) is 3.67. The second-order valence-electron chi connectivity index (χ2n) is 6.99. The smallest absolute Gasteiger partial charge is 0.248 e. The predicted octanol–water partition coefficient (Wildman–Crippen LogP) is 1.74. The fourth-order valence-corrected chi connectivity index (χ4v) is 3.61. The minimum Gasteiger partial charge on any atom is -0.376 e. The molecular formula is C19H23N5O3. The largest absolute Gasteiger partial charge is 0.376 e. The Kier molecular flexibility index (Phi) is 5.00. The number of fused-ring (bicyclic) bond motifs is 3. The summed E-state index contributed by atoms with van der Waals surface area (Å²) in [6.07, 6.45) is 2.07. The average molecular weight is 369 g/mol. The van der Waals surface area contributed by atoms with Crippen molar-refractivity contribution in [2.24, 2.45) is 0 Å². The Balaban J connectivity index is 1.71. The van der Waals surface area contributed by atoms with Crippen LogP contribution in [0, 0.1) is 6.92 Å². The molecule has 0 radical (unpaired) electrons. The van der Waals surface area contributed by atoms with E-state index in [0.717, 1.165) is 41.5 Å². The van der Waals surface area contributed by atoms with Gasteiger partial charge in [-0.25, -0.2) is 0 Å². The van der Waals surface area contributed by atoms with Gasteiger partial charge in [0.1, 0.15) is 6.61 Å². The molecule has 3 heterocycles. The van der Waals surface area contributed by atoms with Crippen LogP contribution in [0.2, 0.25) is 0 Å². The maximum absolute atomic E-state index is 12.6. The van der Waals surface area contributed by atoms with Gasteiger partial charge in [0.05, 0.1) is 11.6 Å². The van der Waals surface area contributed by atoms with Crippen molar-refractivity contribution in [2.45, 2.75) is 32.4 Å². The molecule has 3 aromatic rings. The van der Waals surface area contributed by atoms with Crippen LogP contribution >= 0.6 is 0 Å². The molecule has 1 atom stereocenters. The van der Waals surface area contributed by atoms with Gasteiger partial charge in [-0.2, -0.15) is 4.52 Å². The zero-order valence-corrected chi connectivity index (χ0v) is 15.6. The van der Waals surface area contributed by atoms with Gasteiger partial charge in [0.25, 0.3) is 0 Å². The molecule has 8 heteroatoms. The third kappa shape index (κ3) is 3.63. The van der Waals surface area contributed by atoms with E-state index in [1.54, 1.807) is 9.42 Å². The van der Waals surface area contributed by atoms with Crippen molar-refractivity contribution in [1.29, 1.82) is 0 Å².